The number of likely N-dealkylation sites (tertiary alicyclic amines) is 1. The molecule has 1 rings (SSSR count). The molecule has 0 aromatic heterocycles. The molecule has 122 valence electrons. The quantitative estimate of drug-likeness (QED) is 0.699. The Bertz CT molecular complexity index is 403. The van der Waals surface area contributed by atoms with Gasteiger partial charge in [-0.15, -0.1) is 0 Å². The molecule has 1 saturated heterocycles. The second-order valence-corrected chi connectivity index (χ2v) is 5.98. The Hall–Kier alpha value is -1.47. The van der Waals surface area contributed by atoms with Gasteiger partial charge in [0, 0.05) is 6.54 Å². The van der Waals surface area contributed by atoms with E-state index in [0.717, 1.165) is 7.11 Å². The maximum Gasteiger partial charge on any atom is 0.410 e. The molecule has 0 radical (unpaired) electrons. The number of amides is 1. The largest absolute Gasteiger partial charge is 0.469 e. The first-order chi connectivity index (χ1) is 9.45. The Balaban J connectivity index is 2.89. The number of piperidine rings is 1. The van der Waals surface area contributed by atoms with Crippen LogP contribution >= 0.6 is 0 Å². The SMILES string of the molecule is COC(=O)C1CCN(C(=O)OC(C)(C)C)C(C(F)(F)F)C1. The van der Waals surface area contributed by atoms with E-state index >= 15 is 0 Å². The highest BCUT2D eigenvalue weighted by Gasteiger charge is 2.50. The Kier molecular flexibility index (Phi) is 5.11. The van der Waals surface area contributed by atoms with Crippen LogP contribution in [0.2, 0.25) is 0 Å². The fourth-order valence-corrected chi connectivity index (χ4v) is 2.20. The van der Waals surface area contributed by atoms with E-state index in [0.29, 0.717) is 4.90 Å². The molecule has 1 amide bonds. The summed E-state index contributed by atoms with van der Waals surface area (Å²) in [6.45, 7) is 4.54. The van der Waals surface area contributed by atoms with Gasteiger partial charge in [-0.05, 0) is 33.6 Å². The fourth-order valence-electron chi connectivity index (χ4n) is 2.20. The number of methoxy groups -OCH3 is 1. The van der Waals surface area contributed by atoms with Crippen molar-refractivity contribution < 1.29 is 32.2 Å². The van der Waals surface area contributed by atoms with Gasteiger partial charge >= 0.3 is 18.2 Å². The fraction of sp³-hybridized carbons (Fsp3) is 0.846. The van der Waals surface area contributed by atoms with Crippen LogP contribution < -0.4 is 0 Å². The third-order valence-corrected chi connectivity index (χ3v) is 3.14. The van der Waals surface area contributed by atoms with Crippen molar-refractivity contribution in [2.24, 2.45) is 5.92 Å². The predicted molar refractivity (Wildman–Crippen MR) is 67.5 cm³/mol. The van der Waals surface area contributed by atoms with Crippen LogP contribution in [0.1, 0.15) is 33.6 Å². The molecule has 2 atom stereocenters. The summed E-state index contributed by atoms with van der Waals surface area (Å²) in [6, 6.07) is -2.04. The van der Waals surface area contributed by atoms with Crippen LogP contribution in [0.25, 0.3) is 0 Å². The lowest BCUT2D eigenvalue weighted by atomic mass is 9.90. The van der Waals surface area contributed by atoms with Gasteiger partial charge in [0.2, 0.25) is 0 Å². The molecule has 2 unspecified atom stereocenters. The zero-order chi connectivity index (χ0) is 16.4. The second-order valence-electron chi connectivity index (χ2n) is 5.98. The summed E-state index contributed by atoms with van der Waals surface area (Å²) >= 11 is 0. The van der Waals surface area contributed by atoms with Crippen LogP contribution in [0.5, 0.6) is 0 Å². The summed E-state index contributed by atoms with van der Waals surface area (Å²) in [5, 5.41) is 0. The Labute approximate surface area is 121 Å². The maximum absolute atomic E-state index is 13.1. The molecule has 0 N–H and O–H groups in total. The number of hydrogen-bond acceptors (Lipinski definition) is 4. The first-order valence-electron chi connectivity index (χ1n) is 6.60. The van der Waals surface area contributed by atoms with Gasteiger partial charge in [0.1, 0.15) is 11.6 Å². The predicted octanol–water partition coefficient (Wildman–Crippen LogP) is 2.74. The van der Waals surface area contributed by atoms with Gasteiger partial charge in [0.25, 0.3) is 0 Å². The molecule has 0 spiro atoms. The van der Waals surface area contributed by atoms with Crippen LogP contribution in [-0.2, 0) is 14.3 Å². The number of alkyl halides is 3. The van der Waals surface area contributed by atoms with Crippen molar-refractivity contribution in [2.75, 3.05) is 13.7 Å². The van der Waals surface area contributed by atoms with Crippen molar-refractivity contribution in [1.29, 1.82) is 0 Å². The first-order valence-corrected chi connectivity index (χ1v) is 6.60. The molecule has 0 aliphatic carbocycles. The zero-order valence-electron chi connectivity index (χ0n) is 12.5. The van der Waals surface area contributed by atoms with E-state index < -0.39 is 42.2 Å². The summed E-state index contributed by atoms with van der Waals surface area (Å²) in [5.41, 5.74) is -0.883. The molecule has 1 heterocycles. The van der Waals surface area contributed by atoms with E-state index in [4.69, 9.17) is 4.74 Å². The number of halogens is 3. The molecule has 1 fully saturated rings. The molecule has 1 aliphatic rings. The van der Waals surface area contributed by atoms with Gasteiger partial charge in [0.05, 0.1) is 13.0 Å². The van der Waals surface area contributed by atoms with Crippen LogP contribution in [0.3, 0.4) is 0 Å². The molecule has 1 aliphatic heterocycles. The van der Waals surface area contributed by atoms with Crippen LogP contribution in [0.15, 0.2) is 0 Å². The Morgan fingerprint density at radius 2 is 1.76 bits per heavy atom. The van der Waals surface area contributed by atoms with Gasteiger partial charge in [-0.25, -0.2) is 4.79 Å². The summed E-state index contributed by atoms with van der Waals surface area (Å²) in [4.78, 5) is 24.0. The minimum absolute atomic E-state index is 0.124. The average molecular weight is 311 g/mol. The number of nitrogens with zero attached hydrogens (tertiary/aromatic N) is 1. The topological polar surface area (TPSA) is 55.8 Å². The lowest BCUT2D eigenvalue weighted by Gasteiger charge is -2.39. The molecule has 8 heteroatoms. The van der Waals surface area contributed by atoms with E-state index in [1.54, 1.807) is 20.8 Å². The zero-order valence-corrected chi connectivity index (χ0v) is 12.5. The lowest BCUT2D eigenvalue weighted by molar-refractivity contribution is -0.194. The van der Waals surface area contributed by atoms with Crippen molar-refractivity contribution in [1.82, 2.24) is 4.90 Å². The average Bonchev–Trinajstić information content (AvgIpc) is 2.34. The van der Waals surface area contributed by atoms with E-state index in [1.165, 1.54) is 0 Å². The molecule has 0 aromatic rings. The third kappa shape index (κ3) is 4.78. The molecule has 0 bridgehead atoms. The highest BCUT2D eigenvalue weighted by Crippen LogP contribution is 2.35. The molecule has 0 saturated carbocycles. The first kappa shape index (κ1) is 17.6. The standard InChI is InChI=1S/C13H20F3NO4/c1-12(2,3)21-11(19)17-6-5-8(10(18)20-4)7-9(17)13(14,15)16/h8-9H,5-7H2,1-4H3. The molecule has 21 heavy (non-hydrogen) atoms. The Morgan fingerprint density at radius 3 is 2.19 bits per heavy atom. The number of carbonyl (C=O) groups is 2. The number of esters is 1. The minimum Gasteiger partial charge on any atom is -0.469 e. The molecular weight excluding hydrogens is 291 g/mol. The third-order valence-electron chi connectivity index (χ3n) is 3.14. The van der Waals surface area contributed by atoms with E-state index in [-0.39, 0.29) is 13.0 Å². The van der Waals surface area contributed by atoms with Crippen molar-refractivity contribution in [3.8, 4) is 0 Å². The van der Waals surface area contributed by atoms with E-state index in [1.807, 2.05) is 0 Å². The monoisotopic (exact) mass is 311 g/mol. The molecular formula is C13H20F3NO4. The second kappa shape index (κ2) is 6.11. The number of carbonyl (C=O) groups excluding carboxylic acids is 2. The van der Waals surface area contributed by atoms with Gasteiger partial charge < -0.3 is 9.47 Å². The van der Waals surface area contributed by atoms with Gasteiger partial charge in [-0.1, -0.05) is 0 Å². The van der Waals surface area contributed by atoms with Crippen molar-refractivity contribution in [3.63, 3.8) is 0 Å². The van der Waals surface area contributed by atoms with Crippen molar-refractivity contribution in [3.05, 3.63) is 0 Å². The Morgan fingerprint density at radius 1 is 1.19 bits per heavy atom. The van der Waals surface area contributed by atoms with Crippen molar-refractivity contribution >= 4 is 12.1 Å². The highest BCUT2D eigenvalue weighted by atomic mass is 19.4. The molecule has 5 nitrogen and oxygen atoms in total. The van der Waals surface area contributed by atoms with Gasteiger partial charge in [0.15, 0.2) is 0 Å². The highest BCUT2D eigenvalue weighted by molar-refractivity contribution is 5.74. The number of rotatable bonds is 1. The summed E-state index contributed by atoms with van der Waals surface area (Å²) in [6.07, 6.45) is -6.02. The summed E-state index contributed by atoms with van der Waals surface area (Å²) in [7, 11) is 1.13. The van der Waals surface area contributed by atoms with Gasteiger partial charge in [-0.3, -0.25) is 9.69 Å². The minimum atomic E-state index is -4.62. The maximum atomic E-state index is 13.1. The molecule has 0 aromatic carbocycles. The lowest BCUT2D eigenvalue weighted by Crippen LogP contribution is -2.55. The smallest absolute Gasteiger partial charge is 0.410 e. The van der Waals surface area contributed by atoms with E-state index in [2.05, 4.69) is 4.74 Å². The van der Waals surface area contributed by atoms with Crippen LogP contribution in [0, 0.1) is 5.92 Å². The normalized spacial score (nSPS) is 23.7. The summed E-state index contributed by atoms with van der Waals surface area (Å²) < 4.78 is 48.9. The van der Waals surface area contributed by atoms with Crippen LogP contribution in [0.4, 0.5) is 18.0 Å². The summed E-state index contributed by atoms with van der Waals surface area (Å²) in [5.74, 6) is -1.55. The number of hydrogen-bond donors (Lipinski definition) is 0. The van der Waals surface area contributed by atoms with Crippen LogP contribution in [-0.4, -0.2) is 48.4 Å². The van der Waals surface area contributed by atoms with E-state index in [9.17, 15) is 22.8 Å². The van der Waals surface area contributed by atoms with Gasteiger partial charge in [-0.2, -0.15) is 13.2 Å². The van der Waals surface area contributed by atoms with Crippen molar-refractivity contribution in [2.45, 2.75) is 51.4 Å². The number of ether oxygens (including phenoxy) is 2.